The molecule has 0 radical (unpaired) electrons. The van der Waals surface area contributed by atoms with Crippen LogP contribution in [-0.2, 0) is 11.3 Å². The second-order valence-electron chi connectivity index (χ2n) is 6.94. The van der Waals surface area contributed by atoms with Crippen LogP contribution in [0, 0.1) is 12.3 Å². The van der Waals surface area contributed by atoms with Gasteiger partial charge in [0.05, 0.1) is 0 Å². The summed E-state index contributed by atoms with van der Waals surface area (Å²) in [6.07, 6.45) is 1.75. The van der Waals surface area contributed by atoms with E-state index in [9.17, 15) is 4.79 Å². The first kappa shape index (κ1) is 16.7. The molecule has 0 spiro atoms. The Balaban J connectivity index is 1.56. The molecule has 0 aliphatic carbocycles. The smallest absolute Gasteiger partial charge is 0.231 e. The van der Waals surface area contributed by atoms with Gasteiger partial charge >= 0.3 is 0 Å². The number of anilines is 1. The molecule has 1 fully saturated rings. The first-order chi connectivity index (χ1) is 11.5. The molecule has 1 saturated heterocycles. The molecule has 1 aliphatic heterocycles. The number of benzene rings is 1. The molecule has 2 heterocycles. The summed E-state index contributed by atoms with van der Waals surface area (Å²) < 4.78 is 0. The minimum absolute atomic E-state index is 0.0833. The quantitative estimate of drug-likeness (QED) is 0.934. The van der Waals surface area contributed by atoms with Crippen molar-refractivity contribution >= 4 is 11.7 Å². The van der Waals surface area contributed by atoms with Crippen molar-refractivity contribution in [3.8, 4) is 0 Å². The van der Waals surface area contributed by atoms with E-state index in [1.807, 2.05) is 31.2 Å². The van der Waals surface area contributed by atoms with Crippen LogP contribution in [0.4, 0.5) is 5.82 Å². The van der Waals surface area contributed by atoms with Gasteiger partial charge in [0.15, 0.2) is 0 Å². The van der Waals surface area contributed by atoms with Crippen LogP contribution in [0.5, 0.6) is 0 Å². The number of carbonyl (C=O) groups is 1. The normalized spacial score (nSPS) is 17.4. The topological polar surface area (TPSA) is 45.2 Å². The van der Waals surface area contributed by atoms with Gasteiger partial charge in [-0.25, -0.2) is 4.98 Å². The Bertz CT molecular complexity index is 691. The Labute approximate surface area is 143 Å². The molecule has 0 bridgehead atoms. The summed E-state index contributed by atoms with van der Waals surface area (Å²) in [5, 5.41) is 2.99. The number of hydrogen-bond donors (Lipinski definition) is 1. The summed E-state index contributed by atoms with van der Waals surface area (Å²) in [6, 6.07) is 16.2. The van der Waals surface area contributed by atoms with Crippen molar-refractivity contribution in [3.05, 3.63) is 59.8 Å². The summed E-state index contributed by atoms with van der Waals surface area (Å²) in [6.45, 7) is 6.84. The second-order valence-corrected chi connectivity index (χ2v) is 6.94. The summed E-state index contributed by atoms with van der Waals surface area (Å²) in [7, 11) is 0. The number of piperidine rings is 1. The van der Waals surface area contributed by atoms with Gasteiger partial charge in [-0.05, 0) is 50.6 Å². The predicted octanol–water partition coefficient (Wildman–Crippen LogP) is 3.63. The van der Waals surface area contributed by atoms with E-state index < -0.39 is 0 Å². The molecule has 24 heavy (non-hydrogen) atoms. The number of carbonyl (C=O) groups excluding carboxylic acids is 1. The highest BCUT2D eigenvalue weighted by atomic mass is 16.2. The molecule has 1 N–H and O–H groups in total. The zero-order valence-corrected chi connectivity index (χ0v) is 14.5. The van der Waals surface area contributed by atoms with E-state index in [0.717, 1.165) is 38.2 Å². The number of pyridine rings is 1. The van der Waals surface area contributed by atoms with Gasteiger partial charge in [0.2, 0.25) is 5.91 Å². The molecule has 1 aromatic carbocycles. The van der Waals surface area contributed by atoms with Crippen LogP contribution in [-0.4, -0.2) is 28.9 Å². The van der Waals surface area contributed by atoms with E-state index in [1.54, 1.807) is 0 Å². The summed E-state index contributed by atoms with van der Waals surface area (Å²) in [5.41, 5.74) is 1.92. The van der Waals surface area contributed by atoms with Gasteiger partial charge < -0.3 is 5.32 Å². The monoisotopic (exact) mass is 323 g/mol. The van der Waals surface area contributed by atoms with E-state index in [-0.39, 0.29) is 11.3 Å². The average Bonchev–Trinajstić information content (AvgIpc) is 2.58. The summed E-state index contributed by atoms with van der Waals surface area (Å²) in [5.74, 6) is 0.730. The number of aryl methyl sites for hydroxylation is 1. The van der Waals surface area contributed by atoms with Crippen molar-refractivity contribution in [1.29, 1.82) is 0 Å². The lowest BCUT2D eigenvalue weighted by atomic mass is 9.79. The van der Waals surface area contributed by atoms with Gasteiger partial charge in [0.25, 0.3) is 0 Å². The van der Waals surface area contributed by atoms with Gasteiger partial charge in [-0.1, -0.05) is 43.3 Å². The maximum Gasteiger partial charge on any atom is 0.231 e. The molecule has 2 aromatic rings. The van der Waals surface area contributed by atoms with Crippen molar-refractivity contribution < 1.29 is 4.79 Å². The molecule has 0 unspecified atom stereocenters. The fourth-order valence-electron chi connectivity index (χ4n) is 3.15. The molecular formula is C20H25N3O. The number of rotatable bonds is 4. The maximum atomic E-state index is 12.7. The number of likely N-dealkylation sites (tertiary alicyclic amines) is 1. The summed E-state index contributed by atoms with van der Waals surface area (Å²) in [4.78, 5) is 19.5. The molecule has 1 aliphatic rings. The maximum absolute atomic E-state index is 12.7. The molecular weight excluding hydrogens is 298 g/mol. The van der Waals surface area contributed by atoms with Crippen molar-refractivity contribution in [3.63, 3.8) is 0 Å². The lowest BCUT2D eigenvalue weighted by Gasteiger charge is -2.38. The third kappa shape index (κ3) is 4.01. The molecule has 0 saturated carbocycles. The van der Waals surface area contributed by atoms with Crippen LogP contribution in [0.25, 0.3) is 0 Å². The SMILES string of the molecule is Cc1cccc(NC(=O)C2(C)CCN(Cc3ccccc3)CC2)n1. The zero-order chi connectivity index (χ0) is 17.0. The molecule has 4 nitrogen and oxygen atoms in total. The van der Waals surface area contributed by atoms with E-state index in [1.165, 1.54) is 5.56 Å². The predicted molar refractivity (Wildman–Crippen MR) is 96.7 cm³/mol. The molecule has 3 rings (SSSR count). The standard InChI is InChI=1S/C20H25N3O/c1-16-7-6-10-18(21-16)22-19(24)20(2)11-13-23(14-12-20)15-17-8-4-3-5-9-17/h3-10H,11-15H2,1-2H3,(H,21,22,24). The Morgan fingerprint density at radius 1 is 1.12 bits per heavy atom. The van der Waals surface area contributed by atoms with E-state index >= 15 is 0 Å². The van der Waals surface area contributed by atoms with Crippen LogP contribution < -0.4 is 5.32 Å². The minimum Gasteiger partial charge on any atom is -0.310 e. The summed E-state index contributed by atoms with van der Waals surface area (Å²) >= 11 is 0. The lowest BCUT2D eigenvalue weighted by Crippen LogP contribution is -2.44. The number of nitrogens with one attached hydrogen (secondary N) is 1. The van der Waals surface area contributed by atoms with Crippen LogP contribution >= 0.6 is 0 Å². The van der Waals surface area contributed by atoms with Crippen LogP contribution in [0.1, 0.15) is 31.0 Å². The van der Waals surface area contributed by atoms with E-state index in [2.05, 4.69) is 46.4 Å². The largest absolute Gasteiger partial charge is 0.310 e. The third-order valence-electron chi connectivity index (χ3n) is 4.89. The van der Waals surface area contributed by atoms with E-state index in [4.69, 9.17) is 0 Å². The highest BCUT2D eigenvalue weighted by Gasteiger charge is 2.37. The molecule has 4 heteroatoms. The minimum atomic E-state index is -0.321. The average molecular weight is 323 g/mol. The molecule has 1 aromatic heterocycles. The van der Waals surface area contributed by atoms with Gasteiger partial charge in [-0.3, -0.25) is 9.69 Å². The lowest BCUT2D eigenvalue weighted by molar-refractivity contribution is -0.127. The van der Waals surface area contributed by atoms with Crippen molar-refractivity contribution in [1.82, 2.24) is 9.88 Å². The van der Waals surface area contributed by atoms with Crippen molar-refractivity contribution in [2.24, 2.45) is 5.41 Å². The Kier molecular flexibility index (Phi) is 4.95. The van der Waals surface area contributed by atoms with Crippen LogP contribution in [0.2, 0.25) is 0 Å². The van der Waals surface area contributed by atoms with Gasteiger partial charge in [0.1, 0.15) is 5.82 Å². The first-order valence-electron chi connectivity index (χ1n) is 8.57. The van der Waals surface area contributed by atoms with Gasteiger partial charge in [0, 0.05) is 17.7 Å². The Morgan fingerprint density at radius 3 is 2.50 bits per heavy atom. The molecule has 126 valence electrons. The highest BCUT2D eigenvalue weighted by Crippen LogP contribution is 2.32. The number of hydrogen-bond acceptors (Lipinski definition) is 3. The zero-order valence-electron chi connectivity index (χ0n) is 14.5. The second kappa shape index (κ2) is 7.14. The van der Waals surface area contributed by atoms with Crippen molar-refractivity contribution in [2.75, 3.05) is 18.4 Å². The Morgan fingerprint density at radius 2 is 1.83 bits per heavy atom. The number of amides is 1. The molecule has 1 amide bonds. The van der Waals surface area contributed by atoms with E-state index in [0.29, 0.717) is 5.82 Å². The van der Waals surface area contributed by atoms with Gasteiger partial charge in [-0.15, -0.1) is 0 Å². The van der Waals surface area contributed by atoms with Crippen LogP contribution in [0.3, 0.4) is 0 Å². The fourth-order valence-corrected chi connectivity index (χ4v) is 3.15. The molecule has 0 atom stereocenters. The number of nitrogens with zero attached hydrogens (tertiary/aromatic N) is 2. The number of aromatic nitrogens is 1. The first-order valence-corrected chi connectivity index (χ1v) is 8.57. The fraction of sp³-hybridized carbons (Fsp3) is 0.400. The highest BCUT2D eigenvalue weighted by molar-refractivity contribution is 5.94. The van der Waals surface area contributed by atoms with Crippen LogP contribution in [0.15, 0.2) is 48.5 Å². The van der Waals surface area contributed by atoms with Gasteiger partial charge in [-0.2, -0.15) is 0 Å². The third-order valence-corrected chi connectivity index (χ3v) is 4.89. The van der Waals surface area contributed by atoms with Crippen molar-refractivity contribution in [2.45, 2.75) is 33.2 Å². The Hall–Kier alpha value is -2.20.